The van der Waals surface area contributed by atoms with Gasteiger partial charge in [0, 0.05) is 17.6 Å². The molecule has 0 aliphatic heterocycles. The van der Waals surface area contributed by atoms with E-state index < -0.39 is 0 Å². The quantitative estimate of drug-likeness (QED) is 0.519. The standard InChI is InChI=1S/C24H24N4O/c1-18(12-13-19-8-4-2-5-9-19)27-24(29)22-14-21-16-26-28(23(21)25-15-22)17-20-10-6-3-7-11-20/h2-11,14-16,18H,12-13,17H2,1H3,(H,27,29). The summed E-state index contributed by atoms with van der Waals surface area (Å²) in [7, 11) is 0. The molecule has 0 saturated carbocycles. The Labute approximate surface area is 170 Å². The third-order valence-electron chi connectivity index (χ3n) is 5.00. The summed E-state index contributed by atoms with van der Waals surface area (Å²) in [6.45, 7) is 2.68. The van der Waals surface area contributed by atoms with Gasteiger partial charge < -0.3 is 5.32 Å². The second-order valence-electron chi connectivity index (χ2n) is 7.32. The molecule has 0 bridgehead atoms. The Kier molecular flexibility index (Phi) is 5.66. The Morgan fingerprint density at radius 2 is 1.69 bits per heavy atom. The van der Waals surface area contributed by atoms with E-state index in [1.165, 1.54) is 5.56 Å². The first kappa shape index (κ1) is 18.9. The zero-order valence-electron chi connectivity index (χ0n) is 16.5. The average Bonchev–Trinajstić information content (AvgIpc) is 3.16. The second kappa shape index (κ2) is 8.69. The lowest BCUT2D eigenvalue weighted by atomic mass is 10.1. The summed E-state index contributed by atoms with van der Waals surface area (Å²) in [6.07, 6.45) is 5.22. The molecule has 2 aromatic heterocycles. The number of aryl methyl sites for hydroxylation is 1. The Morgan fingerprint density at radius 1 is 1.00 bits per heavy atom. The number of hydrogen-bond donors (Lipinski definition) is 1. The van der Waals surface area contributed by atoms with Crippen molar-refractivity contribution in [1.29, 1.82) is 0 Å². The fraction of sp³-hybridized carbons (Fsp3) is 0.208. The summed E-state index contributed by atoms with van der Waals surface area (Å²) in [5, 5.41) is 8.38. The molecule has 4 rings (SSSR count). The molecule has 5 nitrogen and oxygen atoms in total. The molecule has 4 aromatic rings. The van der Waals surface area contributed by atoms with E-state index >= 15 is 0 Å². The van der Waals surface area contributed by atoms with Gasteiger partial charge in [-0.15, -0.1) is 0 Å². The number of nitrogens with zero attached hydrogens (tertiary/aromatic N) is 3. The van der Waals surface area contributed by atoms with Crippen LogP contribution in [0.3, 0.4) is 0 Å². The van der Waals surface area contributed by atoms with Gasteiger partial charge in [-0.2, -0.15) is 5.10 Å². The zero-order chi connectivity index (χ0) is 20.1. The van der Waals surface area contributed by atoms with E-state index in [2.05, 4.69) is 39.7 Å². The van der Waals surface area contributed by atoms with Crippen molar-refractivity contribution in [1.82, 2.24) is 20.1 Å². The highest BCUT2D eigenvalue weighted by atomic mass is 16.1. The smallest absolute Gasteiger partial charge is 0.253 e. The van der Waals surface area contributed by atoms with Gasteiger partial charge in [0.15, 0.2) is 5.65 Å². The molecule has 2 aromatic carbocycles. The van der Waals surface area contributed by atoms with Gasteiger partial charge in [0.2, 0.25) is 0 Å². The Hall–Kier alpha value is -3.47. The van der Waals surface area contributed by atoms with E-state index in [0.717, 1.165) is 29.4 Å². The van der Waals surface area contributed by atoms with Crippen LogP contribution in [-0.2, 0) is 13.0 Å². The van der Waals surface area contributed by atoms with Crippen molar-refractivity contribution in [2.45, 2.75) is 32.4 Å². The first-order valence-electron chi connectivity index (χ1n) is 9.89. The zero-order valence-corrected chi connectivity index (χ0v) is 16.5. The van der Waals surface area contributed by atoms with Crippen molar-refractivity contribution in [3.8, 4) is 0 Å². The highest BCUT2D eigenvalue weighted by molar-refractivity contribution is 5.96. The van der Waals surface area contributed by atoms with Crippen LogP contribution in [0.5, 0.6) is 0 Å². The van der Waals surface area contributed by atoms with E-state index in [4.69, 9.17) is 0 Å². The molecule has 1 atom stereocenters. The Morgan fingerprint density at radius 3 is 2.41 bits per heavy atom. The minimum atomic E-state index is -0.101. The predicted molar refractivity (Wildman–Crippen MR) is 115 cm³/mol. The number of aromatic nitrogens is 3. The van der Waals surface area contributed by atoms with Crippen LogP contribution in [0.1, 0.15) is 34.8 Å². The van der Waals surface area contributed by atoms with Crippen LogP contribution in [-0.4, -0.2) is 26.7 Å². The predicted octanol–water partition coefficient (Wildman–Crippen LogP) is 4.23. The van der Waals surface area contributed by atoms with Crippen molar-refractivity contribution >= 4 is 16.9 Å². The molecule has 0 fully saturated rings. The van der Waals surface area contributed by atoms with Gasteiger partial charge in [-0.05, 0) is 37.0 Å². The molecule has 2 heterocycles. The lowest BCUT2D eigenvalue weighted by molar-refractivity contribution is 0.0938. The van der Waals surface area contributed by atoms with Crippen LogP contribution in [0.15, 0.2) is 79.1 Å². The van der Waals surface area contributed by atoms with Crippen LogP contribution < -0.4 is 5.32 Å². The summed E-state index contributed by atoms with van der Waals surface area (Å²) in [5.41, 5.74) is 3.78. The molecule has 0 aliphatic carbocycles. The number of nitrogens with one attached hydrogen (secondary N) is 1. The monoisotopic (exact) mass is 384 g/mol. The van der Waals surface area contributed by atoms with E-state index in [0.29, 0.717) is 12.1 Å². The van der Waals surface area contributed by atoms with Crippen molar-refractivity contribution < 1.29 is 4.79 Å². The van der Waals surface area contributed by atoms with Crippen LogP contribution >= 0.6 is 0 Å². The van der Waals surface area contributed by atoms with Gasteiger partial charge in [-0.1, -0.05) is 60.7 Å². The number of pyridine rings is 1. The Bertz CT molecular complexity index is 1090. The van der Waals surface area contributed by atoms with Crippen molar-refractivity contribution in [2.24, 2.45) is 0 Å². The third kappa shape index (κ3) is 4.69. The van der Waals surface area contributed by atoms with Crippen molar-refractivity contribution in [3.63, 3.8) is 0 Å². The summed E-state index contributed by atoms with van der Waals surface area (Å²) < 4.78 is 1.86. The minimum absolute atomic E-state index is 0.0826. The first-order chi connectivity index (χ1) is 14.2. The first-order valence-corrected chi connectivity index (χ1v) is 9.89. The van der Waals surface area contributed by atoms with Crippen LogP contribution in [0.4, 0.5) is 0 Å². The topological polar surface area (TPSA) is 59.8 Å². The number of carbonyl (C=O) groups excluding carboxylic acids is 1. The van der Waals surface area contributed by atoms with Crippen LogP contribution in [0.2, 0.25) is 0 Å². The average molecular weight is 384 g/mol. The highest BCUT2D eigenvalue weighted by Gasteiger charge is 2.13. The van der Waals surface area contributed by atoms with Crippen LogP contribution in [0, 0.1) is 0 Å². The number of benzene rings is 2. The second-order valence-corrected chi connectivity index (χ2v) is 7.32. The molecular weight excluding hydrogens is 360 g/mol. The van der Waals surface area contributed by atoms with E-state index in [-0.39, 0.29) is 11.9 Å². The minimum Gasteiger partial charge on any atom is -0.350 e. The van der Waals surface area contributed by atoms with E-state index in [1.54, 1.807) is 12.4 Å². The molecular formula is C24H24N4O. The summed E-state index contributed by atoms with van der Waals surface area (Å²) in [6, 6.07) is 22.4. The summed E-state index contributed by atoms with van der Waals surface area (Å²) in [4.78, 5) is 17.1. The lowest BCUT2D eigenvalue weighted by Gasteiger charge is -2.14. The molecule has 1 unspecified atom stereocenters. The largest absolute Gasteiger partial charge is 0.350 e. The number of rotatable bonds is 7. The number of fused-ring (bicyclic) bond motifs is 1. The fourth-order valence-electron chi connectivity index (χ4n) is 3.38. The Balaban J connectivity index is 1.40. The van der Waals surface area contributed by atoms with Gasteiger partial charge in [-0.3, -0.25) is 4.79 Å². The molecule has 0 aliphatic rings. The summed E-state index contributed by atoms with van der Waals surface area (Å²) in [5.74, 6) is -0.101. The fourth-order valence-corrected chi connectivity index (χ4v) is 3.38. The molecule has 0 saturated heterocycles. The molecule has 0 radical (unpaired) electrons. The van der Waals surface area contributed by atoms with Crippen molar-refractivity contribution in [2.75, 3.05) is 0 Å². The van der Waals surface area contributed by atoms with E-state index in [1.807, 2.05) is 54.1 Å². The van der Waals surface area contributed by atoms with Gasteiger partial charge in [0.1, 0.15) is 0 Å². The lowest BCUT2D eigenvalue weighted by Crippen LogP contribution is -2.33. The molecule has 29 heavy (non-hydrogen) atoms. The highest BCUT2D eigenvalue weighted by Crippen LogP contribution is 2.15. The van der Waals surface area contributed by atoms with Gasteiger partial charge in [-0.25, -0.2) is 9.67 Å². The maximum atomic E-state index is 12.6. The number of carbonyl (C=O) groups is 1. The molecule has 1 amide bonds. The molecule has 0 spiro atoms. The van der Waals surface area contributed by atoms with Crippen molar-refractivity contribution in [3.05, 3.63) is 95.8 Å². The molecule has 146 valence electrons. The van der Waals surface area contributed by atoms with Gasteiger partial charge in [0.05, 0.1) is 18.3 Å². The maximum absolute atomic E-state index is 12.6. The third-order valence-corrected chi connectivity index (χ3v) is 5.00. The maximum Gasteiger partial charge on any atom is 0.253 e. The molecule has 5 heteroatoms. The number of amides is 1. The normalized spacial score (nSPS) is 12.0. The van der Waals surface area contributed by atoms with E-state index in [9.17, 15) is 4.79 Å². The summed E-state index contributed by atoms with van der Waals surface area (Å²) >= 11 is 0. The molecule has 1 N–H and O–H groups in total. The SMILES string of the molecule is CC(CCc1ccccc1)NC(=O)c1cnc2c(cnn2Cc2ccccc2)c1. The van der Waals surface area contributed by atoms with Gasteiger partial charge >= 0.3 is 0 Å². The van der Waals surface area contributed by atoms with Crippen LogP contribution in [0.25, 0.3) is 11.0 Å². The van der Waals surface area contributed by atoms with Gasteiger partial charge in [0.25, 0.3) is 5.91 Å². The number of hydrogen-bond acceptors (Lipinski definition) is 3.